The Morgan fingerprint density at radius 3 is 2.06 bits per heavy atom. The summed E-state index contributed by atoms with van der Waals surface area (Å²) in [4.78, 5) is 29.1. The number of aromatic carboxylic acids is 1. The van der Waals surface area contributed by atoms with Crippen LogP contribution in [0.25, 0.3) is 0 Å². The number of nitro benzene ring substituents is 2. The monoisotopic (exact) mass is 267 g/mol. The third-order valence-corrected chi connectivity index (χ3v) is 1.74. The largest absolute Gasteiger partial charge is 1.00 e. The molecule has 0 heterocycles. The molecule has 9 nitrogen and oxygen atoms in total. The Labute approximate surface area is 136 Å². The Hall–Kier alpha value is -1.07. The molecule has 0 amide bonds. The van der Waals surface area contributed by atoms with Crippen LogP contribution in [0.15, 0.2) is 12.1 Å². The van der Waals surface area contributed by atoms with E-state index in [-0.39, 0.29) is 51.4 Å². The quantitative estimate of drug-likeness (QED) is 0.363. The Bertz CT molecular complexity index is 501. The zero-order chi connectivity index (χ0) is 12.5. The van der Waals surface area contributed by atoms with Gasteiger partial charge in [0.1, 0.15) is 5.56 Å². The summed E-state index contributed by atoms with van der Waals surface area (Å²) in [6.45, 7) is 0. The number of aromatic hydroxyl groups is 1. The maximum Gasteiger partial charge on any atom is 1.00 e. The van der Waals surface area contributed by atoms with Gasteiger partial charge in [-0.3, -0.25) is 20.2 Å². The van der Waals surface area contributed by atoms with Gasteiger partial charge in [-0.2, -0.15) is 0 Å². The molecule has 0 aliphatic heterocycles. The molecule has 84 valence electrons. The Morgan fingerprint density at radius 2 is 1.71 bits per heavy atom. The second-order valence-electron chi connectivity index (χ2n) is 2.65. The molecule has 10 heteroatoms. The molecule has 0 spiro atoms. The molecule has 0 radical (unpaired) electrons. The van der Waals surface area contributed by atoms with E-state index in [9.17, 15) is 30.1 Å². The van der Waals surface area contributed by atoms with E-state index < -0.39 is 38.5 Å². The number of carboxylic acids is 1. The number of benzene rings is 1. The van der Waals surface area contributed by atoms with Crippen molar-refractivity contribution in [1.82, 2.24) is 0 Å². The number of phenols is 1. The first-order chi connectivity index (χ1) is 7.36. The number of rotatable bonds is 3. The maximum absolute atomic E-state index is 10.5. The standard InChI is InChI=1S/C7H4N2O7.K/c10-6-3(7(11)12)1-2-4(8(13)14)5(6)9(15)16;/h1-2,10H,(H,11,12);/q;+1. The molecule has 17 heavy (non-hydrogen) atoms. The van der Waals surface area contributed by atoms with E-state index in [2.05, 4.69) is 0 Å². The Morgan fingerprint density at radius 1 is 1.18 bits per heavy atom. The van der Waals surface area contributed by atoms with E-state index in [0.29, 0.717) is 6.07 Å². The van der Waals surface area contributed by atoms with Gasteiger partial charge in [0.15, 0.2) is 0 Å². The zero-order valence-electron chi connectivity index (χ0n) is 8.48. The summed E-state index contributed by atoms with van der Waals surface area (Å²) >= 11 is 0. The van der Waals surface area contributed by atoms with Gasteiger partial charge in [-0.25, -0.2) is 4.79 Å². The van der Waals surface area contributed by atoms with Crippen molar-refractivity contribution >= 4 is 17.3 Å². The minimum atomic E-state index is -1.62. The molecule has 0 bridgehead atoms. The van der Waals surface area contributed by atoms with Gasteiger partial charge in [-0.1, -0.05) is 0 Å². The number of nitro groups is 2. The zero-order valence-corrected chi connectivity index (χ0v) is 11.6. The maximum atomic E-state index is 10.5. The van der Waals surface area contributed by atoms with Crippen LogP contribution in [0.4, 0.5) is 11.4 Å². The summed E-state index contributed by atoms with van der Waals surface area (Å²) in [5.74, 6) is -2.85. The molecule has 0 aromatic heterocycles. The van der Waals surface area contributed by atoms with Crippen molar-refractivity contribution < 1.29 is 76.2 Å². The van der Waals surface area contributed by atoms with Gasteiger partial charge < -0.3 is 10.2 Å². The van der Waals surface area contributed by atoms with Crippen molar-refractivity contribution in [1.29, 1.82) is 0 Å². The van der Waals surface area contributed by atoms with Gasteiger partial charge in [0.05, 0.1) is 9.85 Å². The molecule has 1 aromatic carbocycles. The van der Waals surface area contributed by atoms with Crippen molar-refractivity contribution in [2.24, 2.45) is 0 Å². The van der Waals surface area contributed by atoms with Gasteiger partial charge >= 0.3 is 68.7 Å². The van der Waals surface area contributed by atoms with Crippen molar-refractivity contribution in [2.75, 3.05) is 0 Å². The summed E-state index contributed by atoms with van der Waals surface area (Å²) in [6, 6.07) is 1.38. The fourth-order valence-corrected chi connectivity index (χ4v) is 1.07. The minimum absolute atomic E-state index is 0. The van der Waals surface area contributed by atoms with E-state index in [1.807, 2.05) is 0 Å². The van der Waals surface area contributed by atoms with Crippen LogP contribution in [0, 0.1) is 20.2 Å². The third-order valence-electron chi connectivity index (χ3n) is 1.74. The number of nitrogens with zero attached hydrogens (tertiary/aromatic N) is 2. The smallest absolute Gasteiger partial charge is 0.501 e. The molecule has 0 aliphatic rings. The molecule has 0 aliphatic carbocycles. The van der Waals surface area contributed by atoms with Gasteiger partial charge in [-0.15, -0.1) is 0 Å². The predicted octanol–water partition coefficient (Wildman–Crippen LogP) is -2.09. The number of carboxylic acid groups (broad SMARTS) is 1. The summed E-state index contributed by atoms with van der Waals surface area (Å²) in [7, 11) is 0. The van der Waals surface area contributed by atoms with E-state index in [4.69, 9.17) is 5.11 Å². The second kappa shape index (κ2) is 6.02. The molecular weight excluding hydrogens is 263 g/mol. The molecule has 0 atom stereocenters. The van der Waals surface area contributed by atoms with Crippen molar-refractivity contribution in [3.8, 4) is 5.75 Å². The SMILES string of the molecule is O=C(O)c1ccc([N+](=O)[O-])c([N+](=O)[O-])c1O.[K+]. The van der Waals surface area contributed by atoms with Crippen LogP contribution >= 0.6 is 0 Å². The first kappa shape index (κ1) is 15.9. The van der Waals surface area contributed by atoms with Crippen molar-refractivity contribution in [3.05, 3.63) is 37.9 Å². The van der Waals surface area contributed by atoms with Crippen molar-refractivity contribution in [2.45, 2.75) is 0 Å². The molecule has 1 rings (SSSR count). The van der Waals surface area contributed by atoms with Crippen LogP contribution in [-0.2, 0) is 0 Å². The van der Waals surface area contributed by atoms with E-state index >= 15 is 0 Å². The number of hydrogen-bond acceptors (Lipinski definition) is 6. The average Bonchev–Trinajstić information content (AvgIpc) is 2.15. The normalized spacial score (nSPS) is 9.18. The van der Waals surface area contributed by atoms with Gasteiger partial charge in [0, 0.05) is 6.07 Å². The fraction of sp³-hybridized carbons (Fsp3) is 0. The molecule has 1 aromatic rings. The predicted molar refractivity (Wildman–Crippen MR) is 48.4 cm³/mol. The van der Waals surface area contributed by atoms with E-state index in [1.165, 1.54) is 0 Å². The first-order valence-electron chi connectivity index (χ1n) is 3.74. The third kappa shape index (κ3) is 3.20. The van der Waals surface area contributed by atoms with Crippen LogP contribution < -0.4 is 51.4 Å². The van der Waals surface area contributed by atoms with Gasteiger partial charge in [0.2, 0.25) is 5.75 Å². The summed E-state index contributed by atoms with van der Waals surface area (Å²) in [5, 5.41) is 38.7. The van der Waals surface area contributed by atoms with E-state index in [0.717, 1.165) is 6.07 Å². The molecule has 0 fully saturated rings. The molecule has 0 saturated carbocycles. The van der Waals surface area contributed by atoms with Crippen LogP contribution in [0.3, 0.4) is 0 Å². The van der Waals surface area contributed by atoms with Crippen LogP contribution in [-0.4, -0.2) is 26.0 Å². The van der Waals surface area contributed by atoms with Crippen LogP contribution in [0.2, 0.25) is 0 Å². The van der Waals surface area contributed by atoms with Crippen molar-refractivity contribution in [3.63, 3.8) is 0 Å². The molecule has 2 N–H and O–H groups in total. The fourth-order valence-electron chi connectivity index (χ4n) is 1.07. The van der Waals surface area contributed by atoms with Crippen LogP contribution in [0.5, 0.6) is 5.75 Å². The molecule has 0 saturated heterocycles. The molecular formula is C7H4KN2O7+. The molecule has 0 unspecified atom stereocenters. The summed E-state index contributed by atoms with van der Waals surface area (Å²) < 4.78 is 0. The number of carbonyl (C=O) groups is 1. The van der Waals surface area contributed by atoms with Gasteiger partial charge in [-0.05, 0) is 6.07 Å². The topological polar surface area (TPSA) is 144 Å². The summed E-state index contributed by atoms with van der Waals surface area (Å²) in [5.41, 5.74) is -2.96. The van der Waals surface area contributed by atoms with Gasteiger partial charge in [0.25, 0.3) is 0 Å². The van der Waals surface area contributed by atoms with Crippen LogP contribution in [0.1, 0.15) is 10.4 Å². The Kier molecular flexibility index (Phi) is 5.64. The Balaban J connectivity index is 0.00000256. The second-order valence-corrected chi connectivity index (χ2v) is 2.65. The minimum Gasteiger partial charge on any atom is -0.501 e. The van der Waals surface area contributed by atoms with E-state index in [1.54, 1.807) is 0 Å². The first-order valence-corrected chi connectivity index (χ1v) is 3.74. The summed E-state index contributed by atoms with van der Waals surface area (Å²) in [6.07, 6.45) is 0. The average molecular weight is 267 g/mol. The number of hydrogen-bond donors (Lipinski definition) is 2.